The van der Waals surface area contributed by atoms with Gasteiger partial charge >= 0.3 is 0 Å². The van der Waals surface area contributed by atoms with Crippen LogP contribution in [0.4, 0.5) is 0 Å². The van der Waals surface area contributed by atoms with E-state index < -0.39 is 6.10 Å². The zero-order valence-electron chi connectivity index (χ0n) is 7.74. The Labute approximate surface area is 82.7 Å². The van der Waals surface area contributed by atoms with E-state index in [0.29, 0.717) is 6.54 Å². The molecule has 0 amide bonds. The number of benzene rings is 1. The molecule has 14 heavy (non-hydrogen) atoms. The summed E-state index contributed by atoms with van der Waals surface area (Å²) in [5.74, 6) is 0. The predicted octanol–water partition coefficient (Wildman–Crippen LogP) is 1.62. The van der Waals surface area contributed by atoms with Gasteiger partial charge < -0.3 is 9.67 Å². The van der Waals surface area contributed by atoms with Crippen molar-refractivity contribution >= 4 is 0 Å². The van der Waals surface area contributed by atoms with Crippen molar-refractivity contribution in [1.82, 2.24) is 9.55 Å². The average Bonchev–Trinajstić information content (AvgIpc) is 2.72. The fourth-order valence-electron chi connectivity index (χ4n) is 1.38. The second-order valence-electron chi connectivity index (χ2n) is 3.19. The van der Waals surface area contributed by atoms with Crippen molar-refractivity contribution in [3.05, 3.63) is 54.6 Å². The Morgan fingerprint density at radius 1 is 1.29 bits per heavy atom. The van der Waals surface area contributed by atoms with E-state index >= 15 is 0 Å². The molecule has 0 unspecified atom stereocenters. The summed E-state index contributed by atoms with van der Waals surface area (Å²) in [6.45, 7) is 0.546. The molecule has 0 saturated heterocycles. The molecule has 1 N–H and O–H groups in total. The highest BCUT2D eigenvalue weighted by Crippen LogP contribution is 2.13. The molecular formula is C11H12N2O. The summed E-state index contributed by atoms with van der Waals surface area (Å²) in [6, 6.07) is 9.62. The van der Waals surface area contributed by atoms with Crippen LogP contribution in [0.25, 0.3) is 0 Å². The van der Waals surface area contributed by atoms with E-state index in [2.05, 4.69) is 4.98 Å². The highest BCUT2D eigenvalue weighted by atomic mass is 16.3. The molecule has 0 bridgehead atoms. The maximum Gasteiger partial charge on any atom is 0.0969 e. The monoisotopic (exact) mass is 188 g/mol. The molecule has 0 radical (unpaired) electrons. The first-order valence-electron chi connectivity index (χ1n) is 4.55. The molecule has 0 aliphatic rings. The quantitative estimate of drug-likeness (QED) is 0.794. The van der Waals surface area contributed by atoms with Crippen LogP contribution >= 0.6 is 0 Å². The Morgan fingerprint density at radius 3 is 2.71 bits per heavy atom. The molecule has 3 nitrogen and oxygen atoms in total. The van der Waals surface area contributed by atoms with Gasteiger partial charge in [-0.25, -0.2) is 4.98 Å². The van der Waals surface area contributed by atoms with Crippen molar-refractivity contribution in [2.24, 2.45) is 0 Å². The third-order valence-corrected chi connectivity index (χ3v) is 2.13. The van der Waals surface area contributed by atoms with Crippen LogP contribution < -0.4 is 0 Å². The van der Waals surface area contributed by atoms with Gasteiger partial charge in [0.2, 0.25) is 0 Å². The first-order chi connectivity index (χ1) is 6.86. The third-order valence-electron chi connectivity index (χ3n) is 2.13. The summed E-state index contributed by atoms with van der Waals surface area (Å²) in [5, 5.41) is 9.84. The summed E-state index contributed by atoms with van der Waals surface area (Å²) in [4.78, 5) is 3.92. The predicted molar refractivity (Wildman–Crippen MR) is 53.6 cm³/mol. The van der Waals surface area contributed by atoms with Gasteiger partial charge in [0.1, 0.15) is 0 Å². The lowest BCUT2D eigenvalue weighted by molar-refractivity contribution is 0.156. The fourth-order valence-corrected chi connectivity index (χ4v) is 1.38. The molecule has 2 aromatic rings. The lowest BCUT2D eigenvalue weighted by Gasteiger charge is -2.10. The summed E-state index contributed by atoms with van der Waals surface area (Å²) in [7, 11) is 0. The second-order valence-corrected chi connectivity index (χ2v) is 3.19. The zero-order chi connectivity index (χ0) is 9.80. The van der Waals surface area contributed by atoms with Crippen LogP contribution in [0.15, 0.2) is 49.1 Å². The van der Waals surface area contributed by atoms with E-state index in [-0.39, 0.29) is 0 Å². The molecule has 1 aromatic carbocycles. The van der Waals surface area contributed by atoms with E-state index in [1.165, 1.54) is 0 Å². The van der Waals surface area contributed by atoms with Crippen LogP contribution in [0, 0.1) is 0 Å². The van der Waals surface area contributed by atoms with Crippen molar-refractivity contribution in [2.45, 2.75) is 12.6 Å². The van der Waals surface area contributed by atoms with Crippen LogP contribution in [-0.4, -0.2) is 14.7 Å². The standard InChI is InChI=1S/C11H12N2O/c14-11(8-13-7-6-12-9-13)10-4-2-1-3-5-10/h1-7,9,11,14H,8H2/t11-/m1/s1. The highest BCUT2D eigenvalue weighted by molar-refractivity contribution is 5.17. The van der Waals surface area contributed by atoms with Crippen LogP contribution in [0.3, 0.4) is 0 Å². The number of aromatic nitrogens is 2. The minimum Gasteiger partial charge on any atom is -0.387 e. The van der Waals surface area contributed by atoms with E-state index in [1.54, 1.807) is 12.5 Å². The minimum absolute atomic E-state index is 0.467. The van der Waals surface area contributed by atoms with E-state index in [1.807, 2.05) is 41.1 Å². The number of hydrogen-bond acceptors (Lipinski definition) is 2. The normalized spacial score (nSPS) is 12.6. The summed E-state index contributed by atoms with van der Waals surface area (Å²) < 4.78 is 1.86. The van der Waals surface area contributed by atoms with Crippen LogP contribution in [0.1, 0.15) is 11.7 Å². The Morgan fingerprint density at radius 2 is 2.07 bits per heavy atom. The largest absolute Gasteiger partial charge is 0.387 e. The molecule has 0 aliphatic carbocycles. The molecule has 1 atom stereocenters. The molecule has 3 heteroatoms. The van der Waals surface area contributed by atoms with Gasteiger partial charge in [-0.15, -0.1) is 0 Å². The maximum absolute atomic E-state index is 9.84. The molecule has 1 heterocycles. The first-order valence-corrected chi connectivity index (χ1v) is 4.55. The molecule has 0 spiro atoms. The van der Waals surface area contributed by atoms with Crippen LogP contribution in [0.5, 0.6) is 0 Å². The SMILES string of the molecule is O[C@H](Cn1ccnc1)c1ccccc1. The fraction of sp³-hybridized carbons (Fsp3) is 0.182. The molecule has 1 aromatic heterocycles. The van der Waals surface area contributed by atoms with Crippen molar-refractivity contribution in [2.75, 3.05) is 0 Å². The van der Waals surface area contributed by atoms with E-state index in [0.717, 1.165) is 5.56 Å². The highest BCUT2D eigenvalue weighted by Gasteiger charge is 2.06. The van der Waals surface area contributed by atoms with Gasteiger partial charge in [-0.05, 0) is 5.56 Å². The molecule has 2 rings (SSSR count). The van der Waals surface area contributed by atoms with E-state index in [4.69, 9.17) is 0 Å². The summed E-state index contributed by atoms with van der Waals surface area (Å²) in [6.07, 6.45) is 4.78. The van der Waals surface area contributed by atoms with Gasteiger partial charge in [-0.2, -0.15) is 0 Å². The zero-order valence-corrected chi connectivity index (χ0v) is 7.74. The summed E-state index contributed by atoms with van der Waals surface area (Å²) >= 11 is 0. The average molecular weight is 188 g/mol. The van der Waals surface area contributed by atoms with Gasteiger partial charge in [0, 0.05) is 12.4 Å². The Balaban J connectivity index is 2.07. The lowest BCUT2D eigenvalue weighted by Crippen LogP contribution is -2.06. The molecular weight excluding hydrogens is 176 g/mol. The number of nitrogens with zero attached hydrogens (tertiary/aromatic N) is 2. The molecule has 72 valence electrons. The number of aliphatic hydroxyl groups is 1. The van der Waals surface area contributed by atoms with Gasteiger partial charge in [0.25, 0.3) is 0 Å². The van der Waals surface area contributed by atoms with Crippen molar-refractivity contribution in [1.29, 1.82) is 0 Å². The van der Waals surface area contributed by atoms with Crippen molar-refractivity contribution < 1.29 is 5.11 Å². The Hall–Kier alpha value is -1.61. The second kappa shape index (κ2) is 4.07. The lowest BCUT2D eigenvalue weighted by atomic mass is 10.1. The molecule has 0 aliphatic heterocycles. The summed E-state index contributed by atoms with van der Waals surface area (Å²) in [5.41, 5.74) is 0.932. The first kappa shape index (κ1) is 8.97. The van der Waals surface area contributed by atoms with Gasteiger partial charge in [-0.3, -0.25) is 0 Å². The Bertz CT molecular complexity index is 369. The van der Waals surface area contributed by atoms with Crippen molar-refractivity contribution in [3.8, 4) is 0 Å². The van der Waals surface area contributed by atoms with E-state index in [9.17, 15) is 5.11 Å². The smallest absolute Gasteiger partial charge is 0.0969 e. The topological polar surface area (TPSA) is 38.0 Å². The van der Waals surface area contributed by atoms with Crippen LogP contribution in [-0.2, 0) is 6.54 Å². The Kier molecular flexibility index (Phi) is 2.60. The maximum atomic E-state index is 9.84. The van der Waals surface area contributed by atoms with Crippen molar-refractivity contribution in [3.63, 3.8) is 0 Å². The number of aliphatic hydroxyl groups excluding tert-OH is 1. The van der Waals surface area contributed by atoms with Gasteiger partial charge in [0.15, 0.2) is 0 Å². The van der Waals surface area contributed by atoms with Gasteiger partial charge in [-0.1, -0.05) is 30.3 Å². The number of rotatable bonds is 3. The third kappa shape index (κ3) is 2.00. The van der Waals surface area contributed by atoms with Gasteiger partial charge in [0.05, 0.1) is 19.0 Å². The van der Waals surface area contributed by atoms with Crippen LogP contribution in [0.2, 0.25) is 0 Å². The molecule has 0 saturated carbocycles. The number of imidazole rings is 1. The minimum atomic E-state index is -0.467. The number of hydrogen-bond donors (Lipinski definition) is 1. The molecule has 0 fully saturated rings.